The minimum absolute atomic E-state index is 0.269. The highest BCUT2D eigenvalue weighted by Crippen LogP contribution is 2.16. The minimum atomic E-state index is -0.269. The molecule has 0 saturated carbocycles. The topological polar surface area (TPSA) is 78.2 Å². The van der Waals surface area contributed by atoms with Crippen LogP contribution in [0.25, 0.3) is 16.6 Å². The summed E-state index contributed by atoms with van der Waals surface area (Å²) in [5, 5.41) is 8.89. The Morgan fingerprint density at radius 1 is 1.27 bits per heavy atom. The molecule has 0 bridgehead atoms. The number of aryl methyl sites for hydroxylation is 2. The van der Waals surface area contributed by atoms with Crippen LogP contribution in [0.4, 0.5) is 0 Å². The lowest BCUT2D eigenvalue weighted by atomic mass is 10.2. The van der Waals surface area contributed by atoms with Gasteiger partial charge in [-0.05, 0) is 26.0 Å². The third kappa shape index (κ3) is 1.82. The van der Waals surface area contributed by atoms with Crippen LogP contribution in [-0.4, -0.2) is 24.3 Å². The van der Waals surface area contributed by atoms with E-state index in [1.165, 1.54) is 4.68 Å². The molecule has 7 heteroatoms. The zero-order valence-electron chi connectivity index (χ0n) is 12.1. The van der Waals surface area contributed by atoms with Crippen LogP contribution in [0.3, 0.4) is 0 Å². The number of aromatic nitrogens is 5. The van der Waals surface area contributed by atoms with Crippen LogP contribution < -0.4 is 5.56 Å². The summed E-state index contributed by atoms with van der Waals surface area (Å²) in [5.41, 5.74) is 2.36. The molecule has 7 nitrogen and oxygen atoms in total. The third-order valence-corrected chi connectivity index (χ3v) is 3.66. The summed E-state index contributed by atoms with van der Waals surface area (Å²) in [7, 11) is 0. The summed E-state index contributed by atoms with van der Waals surface area (Å²) < 4.78 is 8.39. The summed E-state index contributed by atoms with van der Waals surface area (Å²) >= 11 is 0. The minimum Gasteiger partial charge on any atom is -0.360 e. The van der Waals surface area contributed by atoms with E-state index in [1.807, 2.05) is 41.9 Å². The Morgan fingerprint density at radius 2 is 2.14 bits per heavy atom. The SMILES string of the molecule is Cc1nn(Cc2cn3ccccc3n2)c(=O)c2noc(C)c12. The summed E-state index contributed by atoms with van der Waals surface area (Å²) in [5.74, 6) is 0.608. The molecule has 0 radical (unpaired) electrons. The van der Waals surface area contributed by atoms with Crippen molar-refractivity contribution in [3.05, 3.63) is 58.1 Å². The predicted molar refractivity (Wildman–Crippen MR) is 79.8 cm³/mol. The number of rotatable bonds is 2. The van der Waals surface area contributed by atoms with Gasteiger partial charge in [0.15, 0.2) is 5.52 Å². The predicted octanol–water partition coefficient (Wildman–Crippen LogP) is 1.70. The summed E-state index contributed by atoms with van der Waals surface area (Å²) in [6.07, 6.45) is 3.80. The van der Waals surface area contributed by atoms with Crippen LogP contribution in [-0.2, 0) is 6.54 Å². The molecule has 0 spiro atoms. The molecule has 0 atom stereocenters. The van der Waals surface area contributed by atoms with Crippen LogP contribution in [0.2, 0.25) is 0 Å². The largest absolute Gasteiger partial charge is 0.360 e. The first-order valence-corrected chi connectivity index (χ1v) is 6.90. The normalized spacial score (nSPS) is 11.5. The highest BCUT2D eigenvalue weighted by atomic mass is 16.5. The number of fused-ring (bicyclic) bond motifs is 2. The fraction of sp³-hybridized carbons (Fsp3) is 0.200. The molecule has 0 amide bonds. The zero-order chi connectivity index (χ0) is 15.3. The van der Waals surface area contributed by atoms with Crippen LogP contribution in [0.1, 0.15) is 17.1 Å². The average molecular weight is 295 g/mol. The second-order valence-electron chi connectivity index (χ2n) is 5.21. The van der Waals surface area contributed by atoms with Gasteiger partial charge < -0.3 is 8.92 Å². The fourth-order valence-electron chi connectivity index (χ4n) is 2.67. The average Bonchev–Trinajstić information content (AvgIpc) is 3.07. The molecule has 0 saturated heterocycles. The maximum absolute atomic E-state index is 12.5. The zero-order valence-corrected chi connectivity index (χ0v) is 12.1. The highest BCUT2D eigenvalue weighted by molar-refractivity contribution is 5.81. The summed E-state index contributed by atoms with van der Waals surface area (Å²) in [4.78, 5) is 16.9. The molecular formula is C15H13N5O2. The smallest absolute Gasteiger partial charge is 0.297 e. The van der Waals surface area contributed by atoms with Gasteiger partial charge in [-0.1, -0.05) is 11.2 Å². The van der Waals surface area contributed by atoms with Gasteiger partial charge in [0.05, 0.1) is 23.3 Å². The number of hydrogen-bond donors (Lipinski definition) is 0. The van der Waals surface area contributed by atoms with E-state index in [0.717, 1.165) is 17.0 Å². The maximum atomic E-state index is 12.5. The first-order valence-electron chi connectivity index (χ1n) is 6.90. The molecular weight excluding hydrogens is 282 g/mol. The lowest BCUT2D eigenvalue weighted by molar-refractivity contribution is 0.405. The number of nitrogens with zero attached hydrogens (tertiary/aromatic N) is 5. The molecule has 4 aromatic rings. The van der Waals surface area contributed by atoms with Crippen molar-refractivity contribution < 1.29 is 4.52 Å². The van der Waals surface area contributed by atoms with Gasteiger partial charge in [-0.2, -0.15) is 5.10 Å². The second-order valence-corrected chi connectivity index (χ2v) is 5.21. The highest BCUT2D eigenvalue weighted by Gasteiger charge is 2.15. The first kappa shape index (κ1) is 12.8. The third-order valence-electron chi connectivity index (χ3n) is 3.66. The lowest BCUT2D eigenvalue weighted by Crippen LogP contribution is -2.24. The molecule has 0 aliphatic rings. The van der Waals surface area contributed by atoms with E-state index in [2.05, 4.69) is 15.2 Å². The first-order chi connectivity index (χ1) is 10.6. The van der Waals surface area contributed by atoms with Gasteiger partial charge in [0.2, 0.25) is 0 Å². The van der Waals surface area contributed by atoms with Crippen LogP contribution in [0, 0.1) is 13.8 Å². The Hall–Kier alpha value is -2.96. The monoisotopic (exact) mass is 295 g/mol. The van der Waals surface area contributed by atoms with Crippen molar-refractivity contribution in [2.75, 3.05) is 0 Å². The van der Waals surface area contributed by atoms with Crippen molar-refractivity contribution in [3.8, 4) is 0 Å². The molecule has 0 fully saturated rings. The molecule has 4 rings (SSSR count). The second kappa shape index (κ2) is 4.52. The number of imidazole rings is 1. The molecule has 0 aliphatic heterocycles. The molecule has 4 aromatic heterocycles. The maximum Gasteiger partial charge on any atom is 0.297 e. The Balaban J connectivity index is 1.84. The molecule has 0 aliphatic carbocycles. The fourth-order valence-corrected chi connectivity index (χ4v) is 2.67. The van der Waals surface area contributed by atoms with Crippen LogP contribution in [0.5, 0.6) is 0 Å². The molecule has 110 valence electrons. The van der Waals surface area contributed by atoms with E-state index in [1.54, 1.807) is 6.92 Å². The van der Waals surface area contributed by atoms with Crippen molar-refractivity contribution in [3.63, 3.8) is 0 Å². The van der Waals surface area contributed by atoms with E-state index in [-0.39, 0.29) is 5.56 Å². The van der Waals surface area contributed by atoms with Gasteiger partial charge in [0.25, 0.3) is 5.56 Å². The Labute approximate surface area is 124 Å². The van der Waals surface area contributed by atoms with Crippen molar-refractivity contribution in [1.82, 2.24) is 24.3 Å². The van der Waals surface area contributed by atoms with Gasteiger partial charge in [0.1, 0.15) is 11.4 Å². The molecule has 0 unspecified atom stereocenters. The van der Waals surface area contributed by atoms with E-state index in [0.29, 0.717) is 23.2 Å². The standard InChI is InChI=1S/C15H13N5O2/c1-9-13-10(2)22-18-14(13)15(21)20(17-9)8-11-7-19-6-4-3-5-12(19)16-11/h3-7H,8H2,1-2H3. The quantitative estimate of drug-likeness (QED) is 0.562. The van der Waals surface area contributed by atoms with Crippen molar-refractivity contribution in [2.24, 2.45) is 0 Å². The molecule has 0 N–H and O–H groups in total. The van der Waals surface area contributed by atoms with E-state index >= 15 is 0 Å². The molecule has 22 heavy (non-hydrogen) atoms. The number of pyridine rings is 1. The van der Waals surface area contributed by atoms with Crippen LogP contribution >= 0.6 is 0 Å². The molecule has 0 aromatic carbocycles. The van der Waals surface area contributed by atoms with Crippen molar-refractivity contribution >= 4 is 16.6 Å². The Morgan fingerprint density at radius 3 is 2.95 bits per heavy atom. The summed E-state index contributed by atoms with van der Waals surface area (Å²) in [6.45, 7) is 3.91. The van der Waals surface area contributed by atoms with Gasteiger partial charge in [-0.25, -0.2) is 9.67 Å². The Kier molecular flexibility index (Phi) is 2.62. The van der Waals surface area contributed by atoms with Crippen molar-refractivity contribution in [2.45, 2.75) is 20.4 Å². The summed E-state index contributed by atoms with van der Waals surface area (Å²) in [6, 6.07) is 5.76. The molecule has 4 heterocycles. The number of hydrogen-bond acceptors (Lipinski definition) is 5. The van der Waals surface area contributed by atoms with E-state index < -0.39 is 0 Å². The lowest BCUT2D eigenvalue weighted by Gasteiger charge is -2.03. The van der Waals surface area contributed by atoms with Crippen LogP contribution in [0.15, 0.2) is 39.9 Å². The van der Waals surface area contributed by atoms with E-state index in [4.69, 9.17) is 4.52 Å². The Bertz CT molecular complexity index is 1020. The van der Waals surface area contributed by atoms with Crippen molar-refractivity contribution in [1.29, 1.82) is 0 Å². The van der Waals surface area contributed by atoms with Gasteiger partial charge in [0, 0.05) is 12.4 Å². The van der Waals surface area contributed by atoms with E-state index in [9.17, 15) is 4.79 Å². The van der Waals surface area contributed by atoms with Gasteiger partial charge >= 0.3 is 0 Å². The van der Waals surface area contributed by atoms with Gasteiger partial charge in [-0.15, -0.1) is 0 Å². The van der Waals surface area contributed by atoms with Gasteiger partial charge in [-0.3, -0.25) is 4.79 Å².